The standard InChI is InChI=1S/C14H15ClFIN2/c1-3-12-14(17)13(4-2)19(18-12)8-9-5-6-10(15)11(16)7-9/h5-7H,3-4,8H2,1-2H3. The Hall–Kier alpha value is -0.620. The predicted molar refractivity (Wildman–Crippen MR) is 84.2 cm³/mol. The number of hydrogen-bond donors (Lipinski definition) is 0. The third kappa shape index (κ3) is 3.11. The van der Waals surface area contributed by atoms with Crippen LogP contribution in [0.15, 0.2) is 18.2 Å². The zero-order valence-corrected chi connectivity index (χ0v) is 13.8. The van der Waals surface area contributed by atoms with Crippen LogP contribution in [-0.4, -0.2) is 9.78 Å². The van der Waals surface area contributed by atoms with E-state index in [0.717, 1.165) is 24.1 Å². The number of rotatable bonds is 4. The summed E-state index contributed by atoms with van der Waals surface area (Å²) >= 11 is 8.03. The molecular formula is C14H15ClFIN2. The number of aryl methyl sites for hydroxylation is 1. The lowest BCUT2D eigenvalue weighted by molar-refractivity contribution is 0.611. The van der Waals surface area contributed by atoms with E-state index < -0.39 is 0 Å². The van der Waals surface area contributed by atoms with Gasteiger partial charge in [0.15, 0.2) is 0 Å². The molecule has 0 aliphatic heterocycles. The van der Waals surface area contributed by atoms with Crippen molar-refractivity contribution in [3.8, 4) is 0 Å². The van der Waals surface area contributed by atoms with E-state index in [4.69, 9.17) is 11.6 Å². The molecule has 102 valence electrons. The van der Waals surface area contributed by atoms with Crippen LogP contribution in [0.5, 0.6) is 0 Å². The lowest BCUT2D eigenvalue weighted by Gasteiger charge is -2.07. The minimum absolute atomic E-state index is 0.156. The topological polar surface area (TPSA) is 17.8 Å². The molecule has 2 nitrogen and oxygen atoms in total. The van der Waals surface area contributed by atoms with Crippen LogP contribution in [-0.2, 0) is 19.4 Å². The molecular weight excluding hydrogens is 378 g/mol. The molecule has 0 aliphatic rings. The minimum Gasteiger partial charge on any atom is -0.264 e. The fraction of sp³-hybridized carbons (Fsp3) is 0.357. The van der Waals surface area contributed by atoms with Gasteiger partial charge in [-0.15, -0.1) is 0 Å². The summed E-state index contributed by atoms with van der Waals surface area (Å²) < 4.78 is 16.6. The molecule has 2 rings (SSSR count). The Balaban J connectivity index is 2.34. The summed E-state index contributed by atoms with van der Waals surface area (Å²) in [5, 5.41) is 4.76. The molecule has 0 fully saturated rings. The third-order valence-corrected chi connectivity index (χ3v) is 4.60. The monoisotopic (exact) mass is 392 g/mol. The number of hydrogen-bond acceptors (Lipinski definition) is 1. The van der Waals surface area contributed by atoms with Crippen LogP contribution in [0.2, 0.25) is 5.02 Å². The van der Waals surface area contributed by atoms with E-state index in [1.165, 1.54) is 15.3 Å². The van der Waals surface area contributed by atoms with Crippen molar-refractivity contribution in [2.75, 3.05) is 0 Å². The molecule has 0 spiro atoms. The molecule has 0 aliphatic carbocycles. The van der Waals surface area contributed by atoms with Crippen molar-refractivity contribution in [1.29, 1.82) is 0 Å². The molecule has 0 radical (unpaired) electrons. The number of nitrogens with zero attached hydrogens (tertiary/aromatic N) is 2. The lowest BCUT2D eigenvalue weighted by atomic mass is 10.2. The number of halogens is 3. The smallest absolute Gasteiger partial charge is 0.142 e. The van der Waals surface area contributed by atoms with Crippen molar-refractivity contribution in [1.82, 2.24) is 9.78 Å². The molecule has 0 bridgehead atoms. The molecule has 0 unspecified atom stereocenters. The first kappa shape index (κ1) is 14.8. The van der Waals surface area contributed by atoms with Gasteiger partial charge in [-0.05, 0) is 53.1 Å². The van der Waals surface area contributed by atoms with Gasteiger partial charge >= 0.3 is 0 Å². The Bertz CT molecular complexity index is 595. The highest BCUT2D eigenvalue weighted by molar-refractivity contribution is 14.1. The summed E-state index contributed by atoms with van der Waals surface area (Å²) in [6.45, 7) is 4.78. The highest BCUT2D eigenvalue weighted by Gasteiger charge is 2.13. The SMILES string of the molecule is CCc1nn(Cc2ccc(Cl)c(F)c2)c(CC)c1I. The van der Waals surface area contributed by atoms with Crippen molar-refractivity contribution < 1.29 is 4.39 Å². The van der Waals surface area contributed by atoms with Gasteiger partial charge in [-0.1, -0.05) is 31.5 Å². The van der Waals surface area contributed by atoms with E-state index in [-0.39, 0.29) is 10.8 Å². The van der Waals surface area contributed by atoms with Crippen LogP contribution >= 0.6 is 34.2 Å². The maximum Gasteiger partial charge on any atom is 0.142 e. The molecule has 0 saturated heterocycles. The van der Waals surface area contributed by atoms with Gasteiger partial charge in [0, 0.05) is 0 Å². The molecule has 2 aromatic rings. The summed E-state index contributed by atoms with van der Waals surface area (Å²) in [4.78, 5) is 0. The van der Waals surface area contributed by atoms with Gasteiger partial charge in [-0.25, -0.2) is 4.39 Å². The largest absolute Gasteiger partial charge is 0.264 e. The molecule has 1 heterocycles. The van der Waals surface area contributed by atoms with E-state index in [9.17, 15) is 4.39 Å². The molecule has 1 aromatic carbocycles. The quantitative estimate of drug-likeness (QED) is 0.703. The first-order valence-electron chi connectivity index (χ1n) is 6.24. The van der Waals surface area contributed by atoms with Crippen LogP contribution in [0.1, 0.15) is 30.8 Å². The maximum atomic E-state index is 13.5. The van der Waals surface area contributed by atoms with E-state index in [1.807, 2.05) is 10.7 Å². The van der Waals surface area contributed by atoms with Crippen LogP contribution in [0.25, 0.3) is 0 Å². The van der Waals surface area contributed by atoms with E-state index >= 15 is 0 Å². The van der Waals surface area contributed by atoms with Crippen molar-refractivity contribution in [2.24, 2.45) is 0 Å². The Kier molecular flexibility index (Phi) is 4.84. The average molecular weight is 393 g/mol. The summed E-state index contributed by atoms with van der Waals surface area (Å²) in [6.07, 6.45) is 1.83. The van der Waals surface area contributed by atoms with Crippen molar-refractivity contribution in [3.63, 3.8) is 0 Å². The summed E-state index contributed by atoms with van der Waals surface area (Å²) in [5.74, 6) is -0.380. The first-order chi connectivity index (χ1) is 9.06. The van der Waals surface area contributed by atoms with Gasteiger partial charge in [0.2, 0.25) is 0 Å². The third-order valence-electron chi connectivity index (χ3n) is 3.05. The maximum absolute atomic E-state index is 13.5. The van der Waals surface area contributed by atoms with Crippen LogP contribution in [0.3, 0.4) is 0 Å². The summed E-state index contributed by atoms with van der Waals surface area (Å²) in [6, 6.07) is 4.90. The molecule has 0 N–H and O–H groups in total. The normalized spacial score (nSPS) is 11.0. The van der Waals surface area contributed by atoms with E-state index in [2.05, 4.69) is 41.5 Å². The van der Waals surface area contributed by atoms with Gasteiger partial charge in [0.25, 0.3) is 0 Å². The predicted octanol–water partition coefficient (Wildman–Crippen LogP) is 4.45. The highest BCUT2D eigenvalue weighted by atomic mass is 127. The fourth-order valence-corrected chi connectivity index (χ4v) is 3.30. The van der Waals surface area contributed by atoms with Crippen LogP contribution in [0.4, 0.5) is 4.39 Å². The second-order valence-electron chi connectivity index (χ2n) is 4.32. The summed E-state index contributed by atoms with van der Waals surface area (Å²) in [5.41, 5.74) is 3.18. The number of aromatic nitrogens is 2. The lowest BCUT2D eigenvalue weighted by Crippen LogP contribution is -2.06. The van der Waals surface area contributed by atoms with E-state index in [1.54, 1.807) is 6.07 Å². The van der Waals surface area contributed by atoms with Gasteiger partial charge in [-0.2, -0.15) is 5.10 Å². The van der Waals surface area contributed by atoms with Crippen molar-refractivity contribution in [2.45, 2.75) is 33.2 Å². The van der Waals surface area contributed by atoms with Gasteiger partial charge in [0.1, 0.15) is 5.82 Å². The second-order valence-corrected chi connectivity index (χ2v) is 5.81. The Morgan fingerprint density at radius 1 is 1.32 bits per heavy atom. The average Bonchev–Trinajstić information content (AvgIpc) is 2.69. The molecule has 5 heteroatoms. The molecule has 1 aromatic heterocycles. The Morgan fingerprint density at radius 2 is 2.05 bits per heavy atom. The van der Waals surface area contributed by atoms with Crippen LogP contribution in [0, 0.1) is 9.39 Å². The number of benzene rings is 1. The van der Waals surface area contributed by atoms with Gasteiger partial charge < -0.3 is 0 Å². The highest BCUT2D eigenvalue weighted by Crippen LogP contribution is 2.21. The first-order valence-corrected chi connectivity index (χ1v) is 7.70. The zero-order chi connectivity index (χ0) is 14.0. The molecule has 0 amide bonds. The Morgan fingerprint density at radius 3 is 2.63 bits per heavy atom. The fourth-order valence-electron chi connectivity index (χ4n) is 2.04. The summed E-state index contributed by atoms with van der Waals surface area (Å²) in [7, 11) is 0. The second kappa shape index (κ2) is 6.22. The van der Waals surface area contributed by atoms with E-state index in [0.29, 0.717) is 6.54 Å². The Labute approximate surface area is 131 Å². The van der Waals surface area contributed by atoms with Gasteiger partial charge in [0.05, 0.1) is 26.5 Å². The molecule has 0 saturated carbocycles. The minimum atomic E-state index is -0.380. The van der Waals surface area contributed by atoms with Gasteiger partial charge in [-0.3, -0.25) is 4.68 Å². The zero-order valence-electron chi connectivity index (χ0n) is 10.9. The molecule has 19 heavy (non-hydrogen) atoms. The molecule has 0 atom stereocenters. The van der Waals surface area contributed by atoms with Crippen molar-refractivity contribution >= 4 is 34.2 Å². The van der Waals surface area contributed by atoms with Crippen LogP contribution < -0.4 is 0 Å². The van der Waals surface area contributed by atoms with Crippen molar-refractivity contribution in [3.05, 3.63) is 49.6 Å².